The van der Waals surface area contributed by atoms with Crippen LogP contribution in [0.5, 0.6) is 0 Å². The van der Waals surface area contributed by atoms with Crippen LogP contribution in [0, 0.1) is 11.8 Å². The standard InChI is InChI=1S/C25H34ClN5O4S/c1-17(2)36(33,34)31-7-3-4-19(16-31)24(32)11-20-10-21(22(26)13-28-20)23-14-27-15-25(30-23)29-12-18-5-8-35-9-6-18/h10,13-15,17-19H,3-9,11-12,16H2,1-2H3,(H,29,30)/t19-/m0/s1. The summed E-state index contributed by atoms with van der Waals surface area (Å²) < 4.78 is 32.0. The van der Waals surface area contributed by atoms with Crippen molar-refractivity contribution in [3.05, 3.63) is 35.4 Å². The number of nitrogens with zero attached hydrogens (tertiary/aromatic N) is 4. The highest BCUT2D eigenvalue weighted by Crippen LogP contribution is 2.28. The predicted molar refractivity (Wildman–Crippen MR) is 139 cm³/mol. The molecule has 4 heterocycles. The fraction of sp³-hybridized carbons (Fsp3) is 0.600. The molecule has 0 amide bonds. The summed E-state index contributed by atoms with van der Waals surface area (Å²) in [6.45, 7) is 6.40. The number of pyridine rings is 1. The molecule has 2 aliphatic rings. The number of anilines is 1. The molecule has 0 spiro atoms. The van der Waals surface area contributed by atoms with E-state index in [-0.39, 0.29) is 24.7 Å². The molecule has 0 aromatic carbocycles. The number of aromatic nitrogens is 3. The third-order valence-electron chi connectivity index (χ3n) is 6.89. The number of sulfonamides is 1. The lowest BCUT2D eigenvalue weighted by Crippen LogP contribution is -2.45. The van der Waals surface area contributed by atoms with Crippen molar-refractivity contribution in [3.63, 3.8) is 0 Å². The number of piperidine rings is 1. The molecule has 36 heavy (non-hydrogen) atoms. The number of Topliss-reactive ketones (excluding diaryl/α,β-unsaturated/α-hetero) is 1. The average Bonchev–Trinajstić information content (AvgIpc) is 2.89. The van der Waals surface area contributed by atoms with Crippen LogP contribution < -0.4 is 5.32 Å². The SMILES string of the molecule is CC(C)S(=O)(=O)N1CCC[C@H](C(=O)Cc2cc(-c3cncc(NCC4CCOCC4)n3)c(Cl)cn2)C1. The van der Waals surface area contributed by atoms with Crippen molar-refractivity contribution < 1.29 is 17.9 Å². The van der Waals surface area contributed by atoms with Crippen LogP contribution in [0.25, 0.3) is 11.3 Å². The van der Waals surface area contributed by atoms with E-state index in [1.807, 2.05) is 0 Å². The van der Waals surface area contributed by atoms with Crippen LogP contribution in [-0.2, 0) is 26.0 Å². The Morgan fingerprint density at radius 2 is 2.00 bits per heavy atom. The van der Waals surface area contributed by atoms with Gasteiger partial charge in [-0.05, 0) is 51.5 Å². The lowest BCUT2D eigenvalue weighted by atomic mass is 9.92. The Kier molecular flexibility index (Phi) is 8.92. The molecule has 196 valence electrons. The summed E-state index contributed by atoms with van der Waals surface area (Å²) in [6, 6.07) is 1.78. The molecule has 2 aromatic heterocycles. The second-order valence-electron chi connectivity index (χ2n) is 9.82. The number of halogens is 1. The molecule has 9 nitrogen and oxygen atoms in total. The van der Waals surface area contributed by atoms with Gasteiger partial charge in [-0.25, -0.2) is 17.7 Å². The highest BCUT2D eigenvalue weighted by Gasteiger charge is 2.33. The minimum absolute atomic E-state index is 0.0163. The fourth-order valence-corrected chi connectivity index (χ4v) is 6.18. The maximum atomic E-state index is 13.1. The molecule has 0 aliphatic carbocycles. The second-order valence-corrected chi connectivity index (χ2v) is 12.7. The van der Waals surface area contributed by atoms with Gasteiger partial charge in [0.2, 0.25) is 10.0 Å². The van der Waals surface area contributed by atoms with E-state index in [2.05, 4.69) is 20.3 Å². The summed E-state index contributed by atoms with van der Waals surface area (Å²) in [6.07, 6.45) is 8.36. The number of carbonyl (C=O) groups excluding carboxylic acids is 1. The lowest BCUT2D eigenvalue weighted by Gasteiger charge is -2.32. The first-order valence-electron chi connectivity index (χ1n) is 12.5. The molecule has 1 atom stereocenters. The topological polar surface area (TPSA) is 114 Å². The van der Waals surface area contributed by atoms with Gasteiger partial charge in [-0.3, -0.25) is 14.8 Å². The second kappa shape index (κ2) is 11.9. The van der Waals surface area contributed by atoms with Crippen molar-refractivity contribution >= 4 is 33.2 Å². The molecule has 1 N–H and O–H groups in total. The van der Waals surface area contributed by atoms with E-state index >= 15 is 0 Å². The minimum atomic E-state index is -3.38. The lowest BCUT2D eigenvalue weighted by molar-refractivity contribution is -0.123. The Balaban J connectivity index is 1.44. The first kappa shape index (κ1) is 26.9. The van der Waals surface area contributed by atoms with E-state index in [9.17, 15) is 13.2 Å². The number of nitrogens with one attached hydrogen (secondary N) is 1. The molecule has 4 rings (SSSR count). The zero-order valence-electron chi connectivity index (χ0n) is 20.8. The van der Waals surface area contributed by atoms with Crippen LogP contribution in [0.2, 0.25) is 5.02 Å². The number of ether oxygens (including phenoxy) is 1. The molecule has 0 radical (unpaired) electrons. The number of ketones is 1. The first-order valence-corrected chi connectivity index (χ1v) is 14.4. The number of hydrogen-bond acceptors (Lipinski definition) is 8. The van der Waals surface area contributed by atoms with Gasteiger partial charge in [-0.1, -0.05) is 11.6 Å². The van der Waals surface area contributed by atoms with Crippen LogP contribution in [0.3, 0.4) is 0 Å². The summed E-state index contributed by atoms with van der Waals surface area (Å²) >= 11 is 6.44. The maximum Gasteiger partial charge on any atom is 0.216 e. The molecule has 2 saturated heterocycles. The number of carbonyl (C=O) groups is 1. The van der Waals surface area contributed by atoms with Gasteiger partial charge in [0, 0.05) is 62.6 Å². The van der Waals surface area contributed by atoms with E-state index in [4.69, 9.17) is 16.3 Å². The molecule has 0 unspecified atom stereocenters. The predicted octanol–water partition coefficient (Wildman–Crippen LogP) is 3.59. The quantitative estimate of drug-likeness (QED) is 0.518. The zero-order chi connectivity index (χ0) is 25.7. The third-order valence-corrected chi connectivity index (χ3v) is 9.43. The summed E-state index contributed by atoms with van der Waals surface area (Å²) in [5.41, 5.74) is 1.83. The normalized spacial score (nSPS) is 19.9. The largest absolute Gasteiger partial charge is 0.381 e. The molecule has 2 aromatic rings. The summed E-state index contributed by atoms with van der Waals surface area (Å²) in [4.78, 5) is 26.4. The Bertz CT molecular complexity index is 1170. The summed E-state index contributed by atoms with van der Waals surface area (Å²) in [7, 11) is -3.38. The van der Waals surface area contributed by atoms with Gasteiger partial charge >= 0.3 is 0 Å². The Labute approximate surface area is 218 Å². The zero-order valence-corrected chi connectivity index (χ0v) is 22.4. The van der Waals surface area contributed by atoms with Gasteiger partial charge in [-0.15, -0.1) is 0 Å². The molecular formula is C25H34ClN5O4S. The van der Waals surface area contributed by atoms with Gasteiger partial charge in [0.1, 0.15) is 11.6 Å². The van der Waals surface area contributed by atoms with E-state index in [1.54, 1.807) is 32.3 Å². The number of rotatable bonds is 9. The maximum absolute atomic E-state index is 13.1. The summed E-state index contributed by atoms with van der Waals surface area (Å²) in [5, 5.41) is 3.28. The molecular weight excluding hydrogens is 502 g/mol. The average molecular weight is 536 g/mol. The Morgan fingerprint density at radius 1 is 1.22 bits per heavy atom. The van der Waals surface area contributed by atoms with Crippen LogP contribution in [0.4, 0.5) is 5.82 Å². The highest BCUT2D eigenvalue weighted by atomic mass is 35.5. The van der Waals surface area contributed by atoms with Crippen LogP contribution in [0.15, 0.2) is 24.7 Å². The van der Waals surface area contributed by atoms with E-state index in [0.29, 0.717) is 53.1 Å². The summed E-state index contributed by atoms with van der Waals surface area (Å²) in [5.74, 6) is 0.846. The minimum Gasteiger partial charge on any atom is -0.381 e. The van der Waals surface area contributed by atoms with Crippen LogP contribution in [0.1, 0.15) is 45.2 Å². The van der Waals surface area contributed by atoms with Gasteiger partial charge < -0.3 is 10.1 Å². The first-order chi connectivity index (χ1) is 17.2. The molecule has 0 saturated carbocycles. The molecule has 11 heteroatoms. The van der Waals surface area contributed by atoms with Gasteiger partial charge in [0.25, 0.3) is 0 Å². The third kappa shape index (κ3) is 6.59. The van der Waals surface area contributed by atoms with Crippen molar-refractivity contribution in [2.75, 3.05) is 38.2 Å². The van der Waals surface area contributed by atoms with Gasteiger partial charge in [0.05, 0.1) is 28.4 Å². The van der Waals surface area contributed by atoms with Crippen molar-refractivity contribution in [1.82, 2.24) is 19.3 Å². The Hall–Kier alpha value is -2.14. The molecule has 2 fully saturated rings. The van der Waals surface area contributed by atoms with E-state index < -0.39 is 15.3 Å². The van der Waals surface area contributed by atoms with Crippen molar-refractivity contribution in [1.29, 1.82) is 0 Å². The smallest absolute Gasteiger partial charge is 0.216 e. The van der Waals surface area contributed by atoms with E-state index in [1.165, 1.54) is 10.5 Å². The van der Waals surface area contributed by atoms with Crippen molar-refractivity contribution in [2.24, 2.45) is 11.8 Å². The molecule has 2 aliphatic heterocycles. The highest BCUT2D eigenvalue weighted by molar-refractivity contribution is 7.89. The van der Waals surface area contributed by atoms with Crippen LogP contribution in [-0.4, -0.2) is 71.6 Å². The van der Waals surface area contributed by atoms with Crippen molar-refractivity contribution in [3.8, 4) is 11.3 Å². The number of hydrogen-bond donors (Lipinski definition) is 1. The van der Waals surface area contributed by atoms with Gasteiger partial charge in [-0.2, -0.15) is 0 Å². The Morgan fingerprint density at radius 3 is 2.75 bits per heavy atom. The van der Waals surface area contributed by atoms with Crippen LogP contribution >= 0.6 is 11.6 Å². The molecule has 0 bridgehead atoms. The van der Waals surface area contributed by atoms with E-state index in [0.717, 1.165) is 32.6 Å². The van der Waals surface area contributed by atoms with Crippen molar-refractivity contribution in [2.45, 2.75) is 51.2 Å². The van der Waals surface area contributed by atoms with Gasteiger partial charge in [0.15, 0.2) is 0 Å². The monoisotopic (exact) mass is 535 g/mol. The fourth-order valence-electron chi connectivity index (χ4n) is 4.61.